The summed E-state index contributed by atoms with van der Waals surface area (Å²) < 4.78 is 21.8. The first-order valence-electron chi connectivity index (χ1n) is 13.4. The number of hydrogen-bond acceptors (Lipinski definition) is 6. The molecule has 0 bridgehead atoms. The summed E-state index contributed by atoms with van der Waals surface area (Å²) in [5, 5.41) is 5.74. The van der Waals surface area contributed by atoms with Crippen LogP contribution in [0.4, 0.5) is 9.59 Å². The van der Waals surface area contributed by atoms with Crippen LogP contribution < -0.4 is 10.6 Å². The van der Waals surface area contributed by atoms with Crippen molar-refractivity contribution in [3.05, 3.63) is 83.9 Å². The van der Waals surface area contributed by atoms with Gasteiger partial charge in [0, 0.05) is 6.61 Å². The molecule has 40 heavy (non-hydrogen) atoms. The van der Waals surface area contributed by atoms with Crippen LogP contribution in [0.25, 0.3) is 11.1 Å². The van der Waals surface area contributed by atoms with E-state index in [0.29, 0.717) is 6.61 Å². The van der Waals surface area contributed by atoms with Crippen molar-refractivity contribution in [1.82, 2.24) is 10.6 Å². The number of carbonyl (C=O) groups excluding carboxylic acids is 2. The van der Waals surface area contributed by atoms with E-state index in [0.717, 1.165) is 33.4 Å². The lowest BCUT2D eigenvalue weighted by Gasteiger charge is -2.28. The monoisotopic (exact) mass is 552 g/mol. The van der Waals surface area contributed by atoms with Crippen LogP contribution in [0, 0.1) is 0 Å². The van der Waals surface area contributed by atoms with Gasteiger partial charge in [0.1, 0.15) is 13.2 Å². The zero-order chi connectivity index (χ0) is 29.9. The van der Waals surface area contributed by atoms with Crippen molar-refractivity contribution in [3.8, 4) is 0 Å². The van der Waals surface area contributed by atoms with Gasteiger partial charge in [-0.05, 0) is 76.8 Å². The Morgan fingerprint density at radius 3 is 2.02 bits per heavy atom. The summed E-state index contributed by atoms with van der Waals surface area (Å²) >= 11 is 0. The molecule has 2 aromatic carbocycles. The predicted molar refractivity (Wildman–Crippen MR) is 159 cm³/mol. The number of rotatable bonds is 14. The summed E-state index contributed by atoms with van der Waals surface area (Å²) in [6, 6.07) is 15.6. The third kappa shape index (κ3) is 10.2. The third-order valence-corrected chi connectivity index (χ3v) is 6.32. The number of allylic oxidation sites excluding steroid dienone is 2. The van der Waals surface area contributed by atoms with E-state index in [2.05, 4.69) is 23.8 Å². The van der Waals surface area contributed by atoms with Crippen molar-refractivity contribution in [2.24, 2.45) is 0 Å². The zero-order valence-electron chi connectivity index (χ0n) is 24.9. The molecule has 2 rings (SSSR count). The van der Waals surface area contributed by atoms with Crippen molar-refractivity contribution in [1.29, 1.82) is 0 Å². The second-order valence-corrected chi connectivity index (χ2v) is 10.7. The largest absolute Gasteiger partial charge is 0.447 e. The molecule has 0 saturated heterocycles. The summed E-state index contributed by atoms with van der Waals surface area (Å²) in [6.45, 7) is 21.6. The third-order valence-electron chi connectivity index (χ3n) is 6.32. The molecule has 0 radical (unpaired) electrons. The van der Waals surface area contributed by atoms with Gasteiger partial charge < -0.3 is 29.6 Å². The molecule has 0 aliphatic heterocycles. The fourth-order valence-corrected chi connectivity index (χ4v) is 3.83. The minimum atomic E-state index is -0.977. The van der Waals surface area contributed by atoms with E-state index in [1.54, 1.807) is 0 Å². The predicted octanol–water partition coefficient (Wildman–Crippen LogP) is 6.75. The number of carbonyl (C=O) groups is 2. The fraction of sp³-hybridized carbons (Fsp3) is 0.438. The summed E-state index contributed by atoms with van der Waals surface area (Å²) in [5.74, 6) is 0. The van der Waals surface area contributed by atoms with E-state index in [4.69, 9.17) is 18.9 Å². The molecule has 8 heteroatoms. The number of ether oxygens (including phenoxy) is 4. The topological polar surface area (TPSA) is 95.1 Å². The van der Waals surface area contributed by atoms with Crippen molar-refractivity contribution in [2.75, 3.05) is 26.4 Å². The van der Waals surface area contributed by atoms with Crippen molar-refractivity contribution in [3.63, 3.8) is 0 Å². The second kappa shape index (κ2) is 14.7. The molecule has 0 saturated carbocycles. The Balaban J connectivity index is 1.87. The Morgan fingerprint density at radius 2 is 1.43 bits per heavy atom. The molecule has 0 aliphatic rings. The number of benzene rings is 2. The molecule has 0 spiro atoms. The van der Waals surface area contributed by atoms with Gasteiger partial charge in [-0.2, -0.15) is 0 Å². The van der Waals surface area contributed by atoms with Crippen molar-refractivity contribution >= 4 is 23.3 Å². The molecule has 2 N–H and O–H groups in total. The van der Waals surface area contributed by atoms with Gasteiger partial charge in [0.05, 0.1) is 17.7 Å². The molecule has 0 aliphatic carbocycles. The number of amides is 2. The number of alkyl carbamates (subject to hydrolysis) is 2. The van der Waals surface area contributed by atoms with Gasteiger partial charge in [0.15, 0.2) is 0 Å². The van der Waals surface area contributed by atoms with Gasteiger partial charge in [-0.3, -0.25) is 0 Å². The molecular formula is C32H44N2O6. The average molecular weight is 553 g/mol. The van der Waals surface area contributed by atoms with E-state index < -0.39 is 29.6 Å². The highest BCUT2D eigenvalue weighted by atomic mass is 16.7. The van der Waals surface area contributed by atoms with Crippen LogP contribution in [-0.4, -0.2) is 44.9 Å². The number of nitrogens with one attached hydrogen (secondary N) is 2. The molecular weight excluding hydrogens is 508 g/mol. The molecule has 1 unspecified atom stereocenters. The minimum absolute atomic E-state index is 0.00970. The van der Waals surface area contributed by atoms with Gasteiger partial charge in [0.25, 0.3) is 0 Å². The summed E-state index contributed by atoms with van der Waals surface area (Å²) in [4.78, 5) is 25.2. The van der Waals surface area contributed by atoms with Crippen LogP contribution in [0.1, 0.15) is 70.7 Å². The van der Waals surface area contributed by atoms with Crippen LogP contribution in [-0.2, 0) is 30.0 Å². The maximum Gasteiger partial charge on any atom is 0.410 e. The Labute approximate surface area is 238 Å². The van der Waals surface area contributed by atoms with E-state index in [-0.39, 0.29) is 19.8 Å². The first-order chi connectivity index (χ1) is 18.7. The Kier molecular flexibility index (Phi) is 12.0. The molecule has 218 valence electrons. The standard InChI is InChI=1S/C32H44N2O6/c1-10-37-21-28(40-30(36)34-31(6,7)26-16-14-24(15-17-26)22(2)3)38-18-19-39-29(35)33-32(8,9)27-13-11-12-25(20-27)23(4)5/h11-17,20,28H,2,4,10,18-19,21H2,1,3,5-9H3,(H,33,35)(H,34,36). The Morgan fingerprint density at radius 1 is 0.825 bits per heavy atom. The molecule has 2 amide bonds. The zero-order valence-corrected chi connectivity index (χ0v) is 24.9. The van der Waals surface area contributed by atoms with Gasteiger partial charge in [-0.25, -0.2) is 9.59 Å². The lowest BCUT2D eigenvalue weighted by Crippen LogP contribution is -2.44. The average Bonchev–Trinajstić information content (AvgIpc) is 2.89. The summed E-state index contributed by atoms with van der Waals surface area (Å²) in [5.41, 5.74) is 4.41. The molecule has 1 atom stereocenters. The maximum atomic E-state index is 12.7. The lowest BCUT2D eigenvalue weighted by molar-refractivity contribution is -0.144. The van der Waals surface area contributed by atoms with Crippen LogP contribution >= 0.6 is 0 Å². The Bertz CT molecular complexity index is 1170. The summed E-state index contributed by atoms with van der Waals surface area (Å²) in [6.07, 6.45) is -2.22. The van der Waals surface area contributed by atoms with Gasteiger partial charge in [0.2, 0.25) is 6.29 Å². The molecule has 2 aromatic rings. The maximum absolute atomic E-state index is 12.7. The molecule has 0 aromatic heterocycles. The van der Waals surface area contributed by atoms with Gasteiger partial charge in [-0.1, -0.05) is 66.8 Å². The van der Waals surface area contributed by atoms with E-state index in [9.17, 15) is 9.59 Å². The van der Waals surface area contributed by atoms with E-state index >= 15 is 0 Å². The highest BCUT2D eigenvalue weighted by Gasteiger charge is 2.26. The van der Waals surface area contributed by atoms with Crippen molar-refractivity contribution in [2.45, 2.75) is 65.8 Å². The SMILES string of the molecule is C=C(C)c1ccc(C(C)(C)NC(=O)OC(COCC)OCCOC(=O)NC(C)(C)c2cccc(C(=C)C)c2)cc1. The normalized spacial score (nSPS) is 12.3. The Hall–Kier alpha value is -3.62. The summed E-state index contributed by atoms with van der Waals surface area (Å²) in [7, 11) is 0. The first kappa shape index (κ1) is 32.6. The highest BCUT2D eigenvalue weighted by Crippen LogP contribution is 2.24. The van der Waals surface area contributed by atoms with Crippen LogP contribution in [0.3, 0.4) is 0 Å². The smallest absolute Gasteiger partial charge is 0.410 e. The van der Waals surface area contributed by atoms with Crippen LogP contribution in [0.5, 0.6) is 0 Å². The molecule has 0 heterocycles. The fourth-order valence-electron chi connectivity index (χ4n) is 3.83. The van der Waals surface area contributed by atoms with E-state index in [1.165, 1.54) is 0 Å². The van der Waals surface area contributed by atoms with Crippen LogP contribution in [0.2, 0.25) is 0 Å². The highest BCUT2D eigenvalue weighted by molar-refractivity contribution is 5.70. The van der Waals surface area contributed by atoms with Crippen LogP contribution in [0.15, 0.2) is 61.7 Å². The minimum Gasteiger partial charge on any atom is -0.447 e. The van der Waals surface area contributed by atoms with E-state index in [1.807, 2.05) is 97.0 Å². The first-order valence-corrected chi connectivity index (χ1v) is 13.4. The number of hydrogen-bond donors (Lipinski definition) is 2. The van der Waals surface area contributed by atoms with Gasteiger partial charge in [-0.15, -0.1) is 0 Å². The quantitative estimate of drug-likeness (QED) is 0.199. The second-order valence-electron chi connectivity index (χ2n) is 10.7. The molecule has 0 fully saturated rings. The lowest BCUT2D eigenvalue weighted by atomic mass is 9.92. The molecule has 8 nitrogen and oxygen atoms in total. The van der Waals surface area contributed by atoms with Crippen molar-refractivity contribution < 1.29 is 28.5 Å². The van der Waals surface area contributed by atoms with Gasteiger partial charge >= 0.3 is 12.2 Å².